The SMILES string of the molecule is CCOC(=O)c1cc(Cl)cc2c1OC(c1ccccc1)C(=O)N2. The minimum absolute atomic E-state index is 0.190. The fourth-order valence-corrected chi connectivity index (χ4v) is 2.61. The van der Waals surface area contributed by atoms with E-state index in [0.717, 1.165) is 0 Å². The van der Waals surface area contributed by atoms with E-state index in [9.17, 15) is 9.59 Å². The third-order valence-electron chi connectivity index (χ3n) is 3.38. The van der Waals surface area contributed by atoms with Crippen molar-refractivity contribution in [3.05, 3.63) is 58.6 Å². The minimum Gasteiger partial charge on any atom is -0.473 e. The molecule has 0 saturated heterocycles. The molecule has 0 aromatic heterocycles. The highest BCUT2D eigenvalue weighted by Crippen LogP contribution is 2.40. The summed E-state index contributed by atoms with van der Waals surface area (Å²) < 4.78 is 10.8. The largest absolute Gasteiger partial charge is 0.473 e. The third kappa shape index (κ3) is 3.00. The van der Waals surface area contributed by atoms with Crippen molar-refractivity contribution in [2.75, 3.05) is 11.9 Å². The molecule has 2 aromatic rings. The lowest BCUT2D eigenvalue weighted by Gasteiger charge is -2.27. The van der Waals surface area contributed by atoms with Crippen molar-refractivity contribution in [1.29, 1.82) is 0 Å². The van der Waals surface area contributed by atoms with Crippen LogP contribution in [-0.2, 0) is 9.53 Å². The van der Waals surface area contributed by atoms with Crippen LogP contribution in [0.25, 0.3) is 0 Å². The summed E-state index contributed by atoms with van der Waals surface area (Å²) >= 11 is 6.01. The van der Waals surface area contributed by atoms with Crippen molar-refractivity contribution >= 4 is 29.2 Å². The highest BCUT2D eigenvalue weighted by molar-refractivity contribution is 6.31. The summed E-state index contributed by atoms with van der Waals surface area (Å²) in [6, 6.07) is 12.1. The molecular formula is C17H14ClNO4. The van der Waals surface area contributed by atoms with Crippen molar-refractivity contribution in [3.8, 4) is 5.75 Å². The van der Waals surface area contributed by atoms with Gasteiger partial charge in [0.1, 0.15) is 5.56 Å². The summed E-state index contributed by atoms with van der Waals surface area (Å²) in [4.78, 5) is 24.4. The number of benzene rings is 2. The van der Waals surface area contributed by atoms with E-state index >= 15 is 0 Å². The Balaban J connectivity index is 2.04. The van der Waals surface area contributed by atoms with Crippen molar-refractivity contribution in [2.24, 2.45) is 0 Å². The molecule has 1 aliphatic rings. The lowest BCUT2D eigenvalue weighted by Crippen LogP contribution is -2.31. The van der Waals surface area contributed by atoms with Crippen LogP contribution in [0.5, 0.6) is 5.75 Å². The van der Waals surface area contributed by atoms with Gasteiger partial charge in [0, 0.05) is 10.6 Å². The molecular weight excluding hydrogens is 318 g/mol. The number of esters is 1. The van der Waals surface area contributed by atoms with Crippen LogP contribution in [-0.4, -0.2) is 18.5 Å². The van der Waals surface area contributed by atoms with E-state index in [1.165, 1.54) is 6.07 Å². The molecule has 1 N–H and O–H groups in total. The number of rotatable bonds is 3. The molecule has 1 atom stereocenters. The Morgan fingerprint density at radius 1 is 1.30 bits per heavy atom. The number of nitrogens with one attached hydrogen (secondary N) is 1. The molecule has 3 rings (SSSR count). The minimum atomic E-state index is -0.835. The molecule has 0 aliphatic carbocycles. The molecule has 5 nitrogen and oxygen atoms in total. The molecule has 0 spiro atoms. The van der Waals surface area contributed by atoms with Crippen LogP contribution in [0.2, 0.25) is 5.02 Å². The van der Waals surface area contributed by atoms with Gasteiger partial charge in [0.2, 0.25) is 6.10 Å². The van der Waals surface area contributed by atoms with Gasteiger partial charge in [-0.3, -0.25) is 4.79 Å². The summed E-state index contributed by atoms with van der Waals surface area (Å²) in [5, 5.41) is 3.04. The summed E-state index contributed by atoms with van der Waals surface area (Å²) in [5.74, 6) is -0.601. The maximum Gasteiger partial charge on any atom is 0.342 e. The van der Waals surface area contributed by atoms with Gasteiger partial charge in [-0.25, -0.2) is 4.79 Å². The van der Waals surface area contributed by atoms with Crippen LogP contribution in [0.3, 0.4) is 0 Å². The van der Waals surface area contributed by atoms with E-state index in [0.29, 0.717) is 16.3 Å². The van der Waals surface area contributed by atoms with Crippen LogP contribution in [0, 0.1) is 0 Å². The summed E-state index contributed by atoms with van der Waals surface area (Å²) in [6.07, 6.45) is -0.835. The van der Waals surface area contributed by atoms with Crippen LogP contribution in [0.1, 0.15) is 28.9 Å². The molecule has 0 fully saturated rings. The molecule has 0 radical (unpaired) electrons. The number of ether oxygens (including phenoxy) is 2. The zero-order valence-electron chi connectivity index (χ0n) is 12.3. The smallest absolute Gasteiger partial charge is 0.342 e. The summed E-state index contributed by atoms with van der Waals surface area (Å²) in [5.41, 5.74) is 1.24. The third-order valence-corrected chi connectivity index (χ3v) is 3.60. The standard InChI is InChI=1S/C17H14ClNO4/c1-2-22-17(21)12-8-11(18)9-13-15(12)23-14(16(20)19-13)10-6-4-3-5-7-10/h3-9,14H,2H2,1H3,(H,19,20). The molecule has 0 bridgehead atoms. The topological polar surface area (TPSA) is 64.6 Å². The monoisotopic (exact) mass is 331 g/mol. The first-order valence-corrected chi connectivity index (χ1v) is 7.51. The van der Waals surface area contributed by atoms with E-state index in [1.54, 1.807) is 25.1 Å². The van der Waals surface area contributed by atoms with E-state index in [2.05, 4.69) is 5.32 Å². The van der Waals surface area contributed by atoms with Crippen molar-refractivity contribution in [2.45, 2.75) is 13.0 Å². The van der Waals surface area contributed by atoms with Gasteiger partial charge in [0.05, 0.1) is 12.3 Å². The van der Waals surface area contributed by atoms with Gasteiger partial charge in [-0.1, -0.05) is 41.9 Å². The van der Waals surface area contributed by atoms with Crippen molar-refractivity contribution < 1.29 is 19.1 Å². The zero-order valence-corrected chi connectivity index (χ0v) is 13.1. The Labute approximate surface area is 138 Å². The predicted octanol–water partition coefficient (Wildman–Crippen LogP) is 3.59. The van der Waals surface area contributed by atoms with Gasteiger partial charge in [0.25, 0.3) is 5.91 Å². The fourth-order valence-electron chi connectivity index (χ4n) is 2.39. The van der Waals surface area contributed by atoms with Crippen LogP contribution in [0.4, 0.5) is 5.69 Å². The molecule has 6 heteroatoms. The maximum atomic E-state index is 12.3. The normalized spacial score (nSPS) is 16.1. The average molecular weight is 332 g/mol. The Hall–Kier alpha value is -2.53. The molecule has 1 aliphatic heterocycles. The van der Waals surface area contributed by atoms with E-state index in [4.69, 9.17) is 21.1 Å². The second-order valence-corrected chi connectivity index (χ2v) is 5.38. The first-order valence-electron chi connectivity index (χ1n) is 7.13. The molecule has 2 aromatic carbocycles. The second-order valence-electron chi connectivity index (χ2n) is 4.95. The number of hydrogen-bond acceptors (Lipinski definition) is 4. The Kier molecular flexibility index (Phi) is 4.21. The lowest BCUT2D eigenvalue weighted by atomic mass is 10.1. The molecule has 118 valence electrons. The molecule has 1 amide bonds. The van der Waals surface area contributed by atoms with Gasteiger partial charge in [-0.05, 0) is 19.1 Å². The second kappa shape index (κ2) is 6.30. The van der Waals surface area contributed by atoms with Gasteiger partial charge in [-0.15, -0.1) is 0 Å². The van der Waals surface area contributed by atoms with Crippen LogP contribution >= 0.6 is 11.6 Å². The van der Waals surface area contributed by atoms with Crippen molar-refractivity contribution in [1.82, 2.24) is 0 Å². The first kappa shape index (κ1) is 15.4. The highest BCUT2D eigenvalue weighted by atomic mass is 35.5. The van der Waals surface area contributed by atoms with E-state index in [1.807, 2.05) is 18.2 Å². The highest BCUT2D eigenvalue weighted by Gasteiger charge is 2.32. The number of hydrogen-bond donors (Lipinski definition) is 1. The zero-order chi connectivity index (χ0) is 16.4. The number of carbonyl (C=O) groups is 2. The number of carbonyl (C=O) groups excluding carboxylic acids is 2. The number of fused-ring (bicyclic) bond motifs is 1. The molecule has 23 heavy (non-hydrogen) atoms. The molecule has 1 unspecified atom stereocenters. The van der Waals surface area contributed by atoms with E-state index in [-0.39, 0.29) is 23.8 Å². The van der Waals surface area contributed by atoms with Gasteiger partial charge in [0.15, 0.2) is 5.75 Å². The Morgan fingerprint density at radius 3 is 2.74 bits per heavy atom. The predicted molar refractivity (Wildman–Crippen MR) is 85.8 cm³/mol. The van der Waals surface area contributed by atoms with E-state index < -0.39 is 12.1 Å². The number of anilines is 1. The van der Waals surface area contributed by atoms with Gasteiger partial charge >= 0.3 is 5.97 Å². The number of amides is 1. The van der Waals surface area contributed by atoms with Gasteiger partial charge < -0.3 is 14.8 Å². The molecule has 1 heterocycles. The summed E-state index contributed by atoms with van der Waals surface area (Å²) in [7, 11) is 0. The Bertz CT molecular complexity index is 761. The number of halogens is 1. The lowest BCUT2D eigenvalue weighted by molar-refractivity contribution is -0.123. The van der Waals surface area contributed by atoms with Crippen LogP contribution in [0.15, 0.2) is 42.5 Å². The Morgan fingerprint density at radius 2 is 2.04 bits per heavy atom. The first-order chi connectivity index (χ1) is 11.1. The van der Waals surface area contributed by atoms with Crippen LogP contribution < -0.4 is 10.1 Å². The average Bonchev–Trinajstić information content (AvgIpc) is 2.54. The summed E-state index contributed by atoms with van der Waals surface area (Å²) in [6.45, 7) is 1.94. The quantitative estimate of drug-likeness (QED) is 0.873. The van der Waals surface area contributed by atoms with Gasteiger partial charge in [-0.2, -0.15) is 0 Å². The van der Waals surface area contributed by atoms with Crippen molar-refractivity contribution in [3.63, 3.8) is 0 Å². The fraction of sp³-hybridized carbons (Fsp3) is 0.176. The maximum absolute atomic E-state index is 12.3. The molecule has 0 saturated carbocycles.